The molecule has 0 aliphatic rings. The molecule has 20 heavy (non-hydrogen) atoms. The van der Waals surface area contributed by atoms with Crippen LogP contribution in [0.1, 0.15) is 53.0 Å². The van der Waals surface area contributed by atoms with Gasteiger partial charge in [-0.25, -0.2) is 0 Å². The highest BCUT2D eigenvalue weighted by Gasteiger charge is 2.14. The van der Waals surface area contributed by atoms with Gasteiger partial charge in [-0.3, -0.25) is 0 Å². The van der Waals surface area contributed by atoms with Gasteiger partial charge in [0.05, 0.1) is 13.2 Å². The molecule has 0 fully saturated rings. The molecule has 0 saturated heterocycles. The monoisotopic (exact) mass is 279 g/mol. The Morgan fingerprint density at radius 1 is 1.15 bits per heavy atom. The van der Waals surface area contributed by atoms with Crippen molar-refractivity contribution in [3.63, 3.8) is 0 Å². The summed E-state index contributed by atoms with van der Waals surface area (Å²) in [6, 6.07) is 6.05. The SMILES string of the molecule is CCC(CC)Oc1cc(OC)ccc1CNC(C)(C)C. The topological polar surface area (TPSA) is 30.5 Å². The first-order chi connectivity index (χ1) is 9.39. The number of nitrogens with one attached hydrogen (secondary N) is 1. The van der Waals surface area contributed by atoms with E-state index in [1.54, 1.807) is 7.11 Å². The Morgan fingerprint density at radius 2 is 1.80 bits per heavy atom. The highest BCUT2D eigenvalue weighted by Crippen LogP contribution is 2.27. The lowest BCUT2D eigenvalue weighted by molar-refractivity contribution is 0.189. The molecule has 0 saturated carbocycles. The molecule has 0 atom stereocenters. The molecule has 1 rings (SSSR count). The maximum Gasteiger partial charge on any atom is 0.127 e. The van der Waals surface area contributed by atoms with Crippen molar-refractivity contribution < 1.29 is 9.47 Å². The average Bonchev–Trinajstić information content (AvgIpc) is 2.42. The lowest BCUT2D eigenvalue weighted by atomic mass is 10.1. The molecule has 0 aliphatic carbocycles. The zero-order chi connectivity index (χ0) is 15.2. The van der Waals surface area contributed by atoms with Gasteiger partial charge < -0.3 is 14.8 Å². The molecule has 1 N–H and O–H groups in total. The normalized spacial score (nSPS) is 11.8. The predicted octanol–water partition coefficient (Wildman–Crippen LogP) is 4.15. The van der Waals surface area contributed by atoms with E-state index in [4.69, 9.17) is 9.47 Å². The van der Waals surface area contributed by atoms with Gasteiger partial charge in [0.15, 0.2) is 0 Å². The Balaban J connectivity index is 2.91. The molecule has 1 aromatic carbocycles. The van der Waals surface area contributed by atoms with Crippen LogP contribution >= 0.6 is 0 Å². The Labute approximate surface area is 123 Å². The lowest BCUT2D eigenvalue weighted by Gasteiger charge is -2.23. The average molecular weight is 279 g/mol. The van der Waals surface area contributed by atoms with Gasteiger partial charge in [0.25, 0.3) is 0 Å². The van der Waals surface area contributed by atoms with Crippen LogP contribution in [0.2, 0.25) is 0 Å². The molecular weight excluding hydrogens is 250 g/mol. The smallest absolute Gasteiger partial charge is 0.127 e. The molecule has 0 spiro atoms. The van der Waals surface area contributed by atoms with Crippen LogP contribution in [0.5, 0.6) is 11.5 Å². The van der Waals surface area contributed by atoms with E-state index in [1.165, 1.54) is 5.56 Å². The van der Waals surface area contributed by atoms with Gasteiger partial charge in [0.2, 0.25) is 0 Å². The summed E-state index contributed by atoms with van der Waals surface area (Å²) in [6.45, 7) is 11.6. The molecule has 3 heteroatoms. The van der Waals surface area contributed by atoms with Crippen molar-refractivity contribution in [1.82, 2.24) is 5.32 Å². The molecule has 1 aromatic rings. The number of ether oxygens (including phenoxy) is 2. The van der Waals surface area contributed by atoms with E-state index in [1.807, 2.05) is 12.1 Å². The molecule has 0 aromatic heterocycles. The molecule has 114 valence electrons. The minimum absolute atomic E-state index is 0.0894. The van der Waals surface area contributed by atoms with Crippen molar-refractivity contribution in [2.24, 2.45) is 0 Å². The first-order valence-corrected chi connectivity index (χ1v) is 7.48. The molecule has 3 nitrogen and oxygen atoms in total. The van der Waals surface area contributed by atoms with Crippen LogP contribution in [0.15, 0.2) is 18.2 Å². The molecule has 0 heterocycles. The number of benzene rings is 1. The fraction of sp³-hybridized carbons (Fsp3) is 0.647. The maximum absolute atomic E-state index is 6.13. The lowest BCUT2D eigenvalue weighted by Crippen LogP contribution is -2.35. The molecule has 0 unspecified atom stereocenters. The summed E-state index contributed by atoms with van der Waals surface area (Å²) < 4.78 is 11.4. The van der Waals surface area contributed by atoms with E-state index >= 15 is 0 Å². The summed E-state index contributed by atoms with van der Waals surface area (Å²) in [6.07, 6.45) is 2.29. The number of hydrogen-bond donors (Lipinski definition) is 1. The largest absolute Gasteiger partial charge is 0.497 e. The van der Waals surface area contributed by atoms with E-state index in [9.17, 15) is 0 Å². The number of hydrogen-bond acceptors (Lipinski definition) is 3. The summed E-state index contributed by atoms with van der Waals surface area (Å²) in [4.78, 5) is 0. The minimum atomic E-state index is 0.0894. The summed E-state index contributed by atoms with van der Waals surface area (Å²) >= 11 is 0. The van der Waals surface area contributed by atoms with Crippen LogP contribution in [0, 0.1) is 0 Å². The van der Waals surface area contributed by atoms with Crippen molar-refractivity contribution in [1.29, 1.82) is 0 Å². The summed E-state index contributed by atoms with van der Waals surface area (Å²) in [5.74, 6) is 1.76. The third-order valence-corrected chi connectivity index (χ3v) is 3.29. The van der Waals surface area contributed by atoms with E-state index in [0.29, 0.717) is 0 Å². The van der Waals surface area contributed by atoms with Gasteiger partial charge in [0.1, 0.15) is 11.5 Å². The number of rotatable bonds is 7. The number of methoxy groups -OCH3 is 1. The molecule has 0 amide bonds. The Morgan fingerprint density at radius 3 is 2.30 bits per heavy atom. The highest BCUT2D eigenvalue weighted by molar-refractivity contribution is 5.41. The molecule has 0 radical (unpaired) electrons. The summed E-state index contributed by atoms with van der Waals surface area (Å²) in [7, 11) is 1.68. The van der Waals surface area contributed by atoms with Crippen molar-refractivity contribution in [3.8, 4) is 11.5 Å². The van der Waals surface area contributed by atoms with E-state index < -0.39 is 0 Å². The Hall–Kier alpha value is -1.22. The van der Waals surface area contributed by atoms with Crippen molar-refractivity contribution in [2.75, 3.05) is 7.11 Å². The second kappa shape index (κ2) is 7.53. The Bertz CT molecular complexity index is 406. The van der Waals surface area contributed by atoms with Gasteiger partial charge in [-0.05, 0) is 39.7 Å². The highest BCUT2D eigenvalue weighted by atomic mass is 16.5. The van der Waals surface area contributed by atoms with Crippen LogP contribution in [0.25, 0.3) is 0 Å². The zero-order valence-corrected chi connectivity index (χ0v) is 13.7. The van der Waals surface area contributed by atoms with Crippen LogP contribution in [-0.2, 0) is 6.54 Å². The summed E-state index contributed by atoms with van der Waals surface area (Å²) in [5, 5.41) is 3.50. The second-order valence-electron chi connectivity index (χ2n) is 6.13. The Kier molecular flexibility index (Phi) is 6.34. The van der Waals surface area contributed by atoms with Gasteiger partial charge in [0, 0.05) is 23.7 Å². The summed E-state index contributed by atoms with van der Waals surface area (Å²) in [5.41, 5.74) is 1.26. The third kappa shape index (κ3) is 5.41. The third-order valence-electron chi connectivity index (χ3n) is 3.29. The molecule has 0 aliphatic heterocycles. The minimum Gasteiger partial charge on any atom is -0.497 e. The van der Waals surface area contributed by atoms with Crippen LogP contribution < -0.4 is 14.8 Å². The first-order valence-electron chi connectivity index (χ1n) is 7.48. The zero-order valence-electron chi connectivity index (χ0n) is 13.7. The molecular formula is C17H29NO2. The quantitative estimate of drug-likeness (QED) is 0.813. The van der Waals surface area contributed by atoms with Crippen molar-refractivity contribution in [3.05, 3.63) is 23.8 Å². The van der Waals surface area contributed by atoms with E-state index in [-0.39, 0.29) is 11.6 Å². The van der Waals surface area contributed by atoms with E-state index in [2.05, 4.69) is 46.0 Å². The van der Waals surface area contributed by atoms with Gasteiger partial charge in [-0.15, -0.1) is 0 Å². The second-order valence-corrected chi connectivity index (χ2v) is 6.13. The van der Waals surface area contributed by atoms with Crippen LogP contribution in [-0.4, -0.2) is 18.8 Å². The maximum atomic E-state index is 6.13. The predicted molar refractivity (Wildman–Crippen MR) is 84.6 cm³/mol. The van der Waals surface area contributed by atoms with Crippen molar-refractivity contribution in [2.45, 2.75) is 65.6 Å². The van der Waals surface area contributed by atoms with Crippen molar-refractivity contribution >= 4 is 0 Å². The first kappa shape index (κ1) is 16.8. The fourth-order valence-corrected chi connectivity index (χ4v) is 1.91. The van der Waals surface area contributed by atoms with Gasteiger partial charge >= 0.3 is 0 Å². The molecule has 0 bridgehead atoms. The van der Waals surface area contributed by atoms with Crippen LogP contribution in [0.4, 0.5) is 0 Å². The van der Waals surface area contributed by atoms with Crippen LogP contribution in [0.3, 0.4) is 0 Å². The standard InChI is InChI=1S/C17H29NO2/c1-7-14(8-2)20-16-11-15(19-6)10-9-13(16)12-18-17(3,4)5/h9-11,14,18H,7-8,12H2,1-6H3. The fourth-order valence-electron chi connectivity index (χ4n) is 1.91. The van der Waals surface area contributed by atoms with Gasteiger partial charge in [-0.1, -0.05) is 19.9 Å². The van der Waals surface area contributed by atoms with E-state index in [0.717, 1.165) is 30.9 Å². The van der Waals surface area contributed by atoms with Gasteiger partial charge in [-0.2, -0.15) is 0 Å².